The molecular formula is C17H24N2O3. The molecule has 2 amide bonds. The second-order valence-electron chi connectivity index (χ2n) is 5.98. The highest BCUT2D eigenvalue weighted by Crippen LogP contribution is 2.18. The maximum Gasteiger partial charge on any atom is 0.227 e. The third-order valence-electron chi connectivity index (χ3n) is 3.43. The average molecular weight is 304 g/mol. The summed E-state index contributed by atoms with van der Waals surface area (Å²) in [5.74, 6) is -0.741. The molecule has 0 radical (unpaired) electrons. The van der Waals surface area contributed by atoms with Gasteiger partial charge in [-0.3, -0.25) is 9.59 Å². The number of primary amides is 1. The summed E-state index contributed by atoms with van der Waals surface area (Å²) in [4.78, 5) is 33.8. The van der Waals surface area contributed by atoms with Gasteiger partial charge in [-0.2, -0.15) is 0 Å². The van der Waals surface area contributed by atoms with Gasteiger partial charge in [0.1, 0.15) is 6.29 Å². The molecule has 1 rings (SSSR count). The van der Waals surface area contributed by atoms with Crippen molar-refractivity contribution in [3.63, 3.8) is 0 Å². The summed E-state index contributed by atoms with van der Waals surface area (Å²) in [6.07, 6.45) is 1.34. The van der Waals surface area contributed by atoms with Crippen LogP contribution < -0.4 is 11.1 Å². The number of hydrogen-bond acceptors (Lipinski definition) is 3. The van der Waals surface area contributed by atoms with Gasteiger partial charge in [0, 0.05) is 0 Å². The van der Waals surface area contributed by atoms with E-state index in [0.717, 1.165) is 12.0 Å². The Morgan fingerprint density at radius 1 is 1.18 bits per heavy atom. The fourth-order valence-corrected chi connectivity index (χ4v) is 2.22. The van der Waals surface area contributed by atoms with Crippen LogP contribution in [0, 0.1) is 5.92 Å². The SMILES string of the molecule is CC(C)Cc1ccc(C(C)C(=O)N[C@@H](C=O)CC(N)=O)cc1. The van der Waals surface area contributed by atoms with E-state index >= 15 is 0 Å². The number of nitrogens with one attached hydrogen (secondary N) is 1. The molecule has 1 aromatic carbocycles. The van der Waals surface area contributed by atoms with Crippen molar-refractivity contribution < 1.29 is 14.4 Å². The smallest absolute Gasteiger partial charge is 0.227 e. The van der Waals surface area contributed by atoms with Crippen molar-refractivity contribution in [2.75, 3.05) is 0 Å². The number of carbonyl (C=O) groups is 3. The molecule has 2 atom stereocenters. The van der Waals surface area contributed by atoms with Crippen LogP contribution in [0.4, 0.5) is 0 Å². The monoisotopic (exact) mass is 304 g/mol. The lowest BCUT2D eigenvalue weighted by Crippen LogP contribution is -2.40. The van der Waals surface area contributed by atoms with Crippen molar-refractivity contribution >= 4 is 18.1 Å². The highest BCUT2D eigenvalue weighted by atomic mass is 16.2. The van der Waals surface area contributed by atoms with Crippen molar-refractivity contribution in [3.05, 3.63) is 35.4 Å². The predicted octanol–water partition coefficient (Wildman–Crippen LogP) is 1.55. The highest BCUT2D eigenvalue weighted by Gasteiger charge is 2.20. The van der Waals surface area contributed by atoms with Gasteiger partial charge in [-0.15, -0.1) is 0 Å². The van der Waals surface area contributed by atoms with Crippen LogP contribution in [0.5, 0.6) is 0 Å². The summed E-state index contributed by atoms with van der Waals surface area (Å²) >= 11 is 0. The number of amides is 2. The van der Waals surface area contributed by atoms with Crippen molar-refractivity contribution in [2.45, 2.75) is 45.6 Å². The van der Waals surface area contributed by atoms with E-state index in [1.54, 1.807) is 6.92 Å². The van der Waals surface area contributed by atoms with Crippen LogP contribution in [-0.4, -0.2) is 24.1 Å². The molecule has 0 aliphatic rings. The highest BCUT2D eigenvalue weighted by molar-refractivity contribution is 5.87. The molecule has 5 heteroatoms. The third kappa shape index (κ3) is 5.68. The Kier molecular flexibility index (Phi) is 6.76. The lowest BCUT2D eigenvalue weighted by atomic mass is 9.96. The molecule has 3 N–H and O–H groups in total. The van der Waals surface area contributed by atoms with Gasteiger partial charge < -0.3 is 15.8 Å². The van der Waals surface area contributed by atoms with E-state index in [1.807, 2.05) is 24.3 Å². The zero-order valence-electron chi connectivity index (χ0n) is 13.3. The molecular weight excluding hydrogens is 280 g/mol. The van der Waals surface area contributed by atoms with Crippen LogP contribution in [0.2, 0.25) is 0 Å². The van der Waals surface area contributed by atoms with E-state index in [9.17, 15) is 14.4 Å². The van der Waals surface area contributed by atoms with Gasteiger partial charge in [0.25, 0.3) is 0 Å². The average Bonchev–Trinajstić information content (AvgIpc) is 2.45. The van der Waals surface area contributed by atoms with E-state index in [-0.39, 0.29) is 12.3 Å². The Morgan fingerprint density at radius 2 is 1.77 bits per heavy atom. The standard InChI is InChI=1S/C17H24N2O3/c1-11(2)8-13-4-6-14(7-5-13)12(3)17(22)19-15(10-20)9-16(18)21/h4-7,10-12,15H,8-9H2,1-3H3,(H2,18,21)(H,19,22)/t12?,15-/m1/s1. The Bertz CT molecular complexity index is 523. The van der Waals surface area contributed by atoms with E-state index in [1.165, 1.54) is 5.56 Å². The second kappa shape index (κ2) is 8.32. The summed E-state index contributed by atoms with van der Waals surface area (Å²) in [5, 5.41) is 2.54. The van der Waals surface area contributed by atoms with Gasteiger partial charge >= 0.3 is 0 Å². The Hall–Kier alpha value is -2.17. The molecule has 5 nitrogen and oxygen atoms in total. The number of hydrogen-bond donors (Lipinski definition) is 2. The summed E-state index contributed by atoms with van der Waals surface area (Å²) in [5.41, 5.74) is 7.14. The van der Waals surface area contributed by atoms with Gasteiger partial charge in [0.05, 0.1) is 18.4 Å². The first-order valence-electron chi connectivity index (χ1n) is 7.46. The summed E-state index contributed by atoms with van der Waals surface area (Å²) in [6, 6.07) is 7.00. The van der Waals surface area contributed by atoms with Crippen LogP contribution in [0.1, 0.15) is 44.2 Å². The molecule has 0 saturated heterocycles. The third-order valence-corrected chi connectivity index (χ3v) is 3.43. The van der Waals surface area contributed by atoms with E-state index in [2.05, 4.69) is 19.2 Å². The minimum atomic E-state index is -0.868. The van der Waals surface area contributed by atoms with E-state index < -0.39 is 17.9 Å². The normalized spacial score (nSPS) is 13.5. The quantitative estimate of drug-likeness (QED) is 0.714. The van der Waals surface area contributed by atoms with E-state index in [0.29, 0.717) is 12.2 Å². The van der Waals surface area contributed by atoms with E-state index in [4.69, 9.17) is 5.73 Å². The van der Waals surface area contributed by atoms with Crippen molar-refractivity contribution in [2.24, 2.45) is 11.7 Å². The van der Waals surface area contributed by atoms with Crippen LogP contribution in [0.15, 0.2) is 24.3 Å². The molecule has 1 unspecified atom stereocenters. The predicted molar refractivity (Wildman–Crippen MR) is 85.2 cm³/mol. The first-order valence-corrected chi connectivity index (χ1v) is 7.46. The minimum absolute atomic E-state index is 0.185. The number of carbonyl (C=O) groups excluding carboxylic acids is 3. The fourth-order valence-electron chi connectivity index (χ4n) is 2.22. The molecule has 0 aliphatic heterocycles. The molecule has 22 heavy (non-hydrogen) atoms. The van der Waals surface area contributed by atoms with Crippen LogP contribution in [0.25, 0.3) is 0 Å². The summed E-state index contributed by atoms with van der Waals surface area (Å²) < 4.78 is 0. The largest absolute Gasteiger partial charge is 0.370 e. The molecule has 1 aromatic rings. The van der Waals surface area contributed by atoms with Crippen LogP contribution in [0.3, 0.4) is 0 Å². The Labute approximate surface area is 131 Å². The topological polar surface area (TPSA) is 89.3 Å². The molecule has 0 saturated carbocycles. The fraction of sp³-hybridized carbons (Fsp3) is 0.471. The van der Waals surface area contributed by atoms with Gasteiger partial charge in [-0.05, 0) is 30.4 Å². The van der Waals surface area contributed by atoms with Gasteiger partial charge in [-0.25, -0.2) is 0 Å². The molecule has 0 fully saturated rings. The Morgan fingerprint density at radius 3 is 2.23 bits per heavy atom. The molecule has 0 spiro atoms. The zero-order valence-corrected chi connectivity index (χ0v) is 13.3. The number of benzene rings is 1. The van der Waals surface area contributed by atoms with Crippen molar-refractivity contribution in [1.82, 2.24) is 5.32 Å². The second-order valence-corrected chi connectivity index (χ2v) is 5.98. The number of rotatable bonds is 8. The summed E-state index contributed by atoms with van der Waals surface area (Å²) in [6.45, 7) is 6.07. The van der Waals surface area contributed by atoms with Gasteiger partial charge in [0.2, 0.25) is 11.8 Å². The first-order chi connectivity index (χ1) is 10.3. The maximum absolute atomic E-state index is 12.1. The van der Waals surface area contributed by atoms with Crippen LogP contribution >= 0.6 is 0 Å². The maximum atomic E-state index is 12.1. The van der Waals surface area contributed by atoms with Crippen molar-refractivity contribution in [1.29, 1.82) is 0 Å². The first kappa shape index (κ1) is 17.9. The molecule has 120 valence electrons. The number of nitrogens with two attached hydrogens (primary N) is 1. The van der Waals surface area contributed by atoms with Crippen LogP contribution in [-0.2, 0) is 20.8 Å². The minimum Gasteiger partial charge on any atom is -0.370 e. The lowest BCUT2D eigenvalue weighted by molar-refractivity contribution is -0.126. The molecule has 0 bridgehead atoms. The lowest BCUT2D eigenvalue weighted by Gasteiger charge is -2.16. The Balaban J connectivity index is 2.69. The number of aldehydes is 1. The zero-order chi connectivity index (χ0) is 16.7. The summed E-state index contributed by atoms with van der Waals surface area (Å²) in [7, 11) is 0. The van der Waals surface area contributed by atoms with Gasteiger partial charge in [-0.1, -0.05) is 38.1 Å². The molecule has 0 aromatic heterocycles. The van der Waals surface area contributed by atoms with Gasteiger partial charge in [0.15, 0.2) is 0 Å². The van der Waals surface area contributed by atoms with Crippen molar-refractivity contribution in [3.8, 4) is 0 Å². The molecule has 0 heterocycles. The molecule has 0 aliphatic carbocycles.